The Bertz CT molecular complexity index is 6110. The molecule has 108 heavy (non-hydrogen) atoms. The molecule has 15 aromatic carbocycles. The van der Waals surface area contributed by atoms with Gasteiger partial charge < -0.3 is 0 Å². The van der Waals surface area contributed by atoms with Gasteiger partial charge in [-0.05, 0) is 112 Å². The summed E-state index contributed by atoms with van der Waals surface area (Å²) < 4.78 is 0. The SMILES string of the molecule is [C-]#[N+]c1ccc2c(c1)C(c1ccccc1)(c1ccccc1)c1ccc(-c3ccc(-c4nc(-c5ccccc5)nc(-c5ccc(-c6ccccc6)cc5)n4)cc3)cc1-2.[C-]#[N+]c1ccc2c(c1)C(c1ccccc1)(c1ccccc1)c1ccc(-c3ccc(-c4nc(-c5ccccc5)nc(-c5ccccc5)n4)cc3)cc1-2. The maximum atomic E-state index is 7.89. The number of aromatic nitrogens is 6. The highest BCUT2D eigenvalue weighted by atomic mass is 15.0. The van der Waals surface area contributed by atoms with Gasteiger partial charge in [0.25, 0.3) is 0 Å². The molecule has 0 unspecified atom stereocenters. The number of fused-ring (bicyclic) bond motifs is 6. The Labute approximate surface area is 627 Å². The Morgan fingerprint density at radius 3 is 0.657 bits per heavy atom. The third-order valence-corrected chi connectivity index (χ3v) is 20.9. The smallest absolute Gasteiger partial charge is 0.187 e. The van der Waals surface area contributed by atoms with Crippen molar-refractivity contribution in [3.63, 3.8) is 0 Å². The molecule has 2 aliphatic carbocycles. The normalized spacial score (nSPS) is 12.4. The number of hydrogen-bond acceptors (Lipinski definition) is 6. The molecule has 8 nitrogen and oxygen atoms in total. The molecule has 0 atom stereocenters. The number of nitrogens with zero attached hydrogens (tertiary/aromatic N) is 8. The highest BCUT2D eigenvalue weighted by molar-refractivity contribution is 5.92. The Hall–Kier alpha value is -14.7. The fraction of sp³-hybridized carbons (Fsp3) is 0.0200. The molecule has 0 saturated carbocycles. The van der Waals surface area contributed by atoms with E-state index in [9.17, 15) is 0 Å². The fourth-order valence-electron chi connectivity index (χ4n) is 15.8. The van der Waals surface area contributed by atoms with Crippen LogP contribution < -0.4 is 0 Å². The van der Waals surface area contributed by atoms with Crippen molar-refractivity contribution < 1.29 is 0 Å². The molecule has 2 heterocycles. The molecule has 2 aromatic heterocycles. The molecule has 19 rings (SSSR count). The molecule has 0 amide bonds. The van der Waals surface area contributed by atoms with Crippen LogP contribution >= 0.6 is 0 Å². The van der Waals surface area contributed by atoms with E-state index in [4.69, 9.17) is 43.0 Å². The van der Waals surface area contributed by atoms with Crippen molar-refractivity contribution in [2.24, 2.45) is 0 Å². The van der Waals surface area contributed by atoms with Crippen molar-refractivity contribution in [1.82, 2.24) is 29.9 Å². The van der Waals surface area contributed by atoms with E-state index in [0.717, 1.165) is 83.5 Å². The van der Waals surface area contributed by atoms with E-state index in [0.29, 0.717) is 46.3 Å². The predicted octanol–water partition coefficient (Wildman–Crippen LogP) is 24.6. The van der Waals surface area contributed by atoms with Gasteiger partial charge in [-0.1, -0.05) is 376 Å². The van der Waals surface area contributed by atoms with Gasteiger partial charge >= 0.3 is 0 Å². The first-order chi connectivity index (χ1) is 53.4. The van der Waals surface area contributed by atoms with Crippen LogP contribution in [0, 0.1) is 13.1 Å². The molecule has 17 aromatic rings. The zero-order chi connectivity index (χ0) is 72.4. The second-order valence-electron chi connectivity index (χ2n) is 27.0. The van der Waals surface area contributed by atoms with E-state index in [1.54, 1.807) is 0 Å². The predicted molar refractivity (Wildman–Crippen MR) is 436 cm³/mol. The van der Waals surface area contributed by atoms with Crippen molar-refractivity contribution in [1.29, 1.82) is 0 Å². The molecule has 504 valence electrons. The highest BCUT2D eigenvalue weighted by Gasteiger charge is 2.48. The van der Waals surface area contributed by atoms with Crippen LogP contribution in [0.25, 0.3) is 134 Å². The minimum absolute atomic E-state index is 0.554. The molecule has 0 N–H and O–H groups in total. The number of benzene rings is 15. The standard InChI is InChI=1S/C53H34N4.C47H30N4/c1-54-45-31-32-46-47-34-42(30-33-48(47)53(49(46)35-45,43-18-10-4-11-19-43)44-20-12-5-13-21-44)38-24-28-41(29-25-38)52-56-50(39-16-8-3-9-17-39)55-51(57-52)40-26-22-37(23-27-40)36-14-6-2-7-15-36;1-48-39-27-28-40-41-30-36(26-29-42(41)47(43(40)31-39,37-18-10-4-11-19-37)38-20-12-5-13-21-38)32-22-24-35(25-23-32)46-50-44(33-14-6-2-7-15-33)49-45(51-46)34-16-8-3-9-17-34/h2-35H;2-31H. The van der Waals surface area contributed by atoms with Crippen LogP contribution in [0.2, 0.25) is 0 Å². The zero-order valence-corrected chi connectivity index (χ0v) is 58.5. The summed E-state index contributed by atoms with van der Waals surface area (Å²) in [4.78, 5) is 37.3. The Balaban J connectivity index is 0.000000153. The molecule has 0 spiro atoms. The van der Waals surface area contributed by atoms with Crippen LogP contribution in [-0.4, -0.2) is 29.9 Å². The third kappa shape index (κ3) is 11.8. The lowest BCUT2D eigenvalue weighted by molar-refractivity contribution is 0.769. The first-order valence-corrected chi connectivity index (χ1v) is 36.0. The first kappa shape index (κ1) is 65.3. The van der Waals surface area contributed by atoms with Crippen LogP contribution in [-0.2, 0) is 10.8 Å². The van der Waals surface area contributed by atoms with E-state index in [1.165, 1.54) is 50.1 Å². The second-order valence-corrected chi connectivity index (χ2v) is 27.0. The van der Waals surface area contributed by atoms with Crippen molar-refractivity contribution in [3.8, 4) is 124 Å². The molecule has 0 aliphatic heterocycles. The van der Waals surface area contributed by atoms with Crippen LogP contribution in [0.5, 0.6) is 0 Å². The molecule has 8 heteroatoms. The Morgan fingerprint density at radius 1 is 0.176 bits per heavy atom. The Morgan fingerprint density at radius 2 is 0.389 bits per heavy atom. The Kier molecular flexibility index (Phi) is 17.0. The summed E-state index contributed by atoms with van der Waals surface area (Å²) in [6.45, 7) is 15.7. The molecular formula is C100H64N8. The lowest BCUT2D eigenvalue weighted by atomic mass is 9.67. The van der Waals surface area contributed by atoms with Gasteiger partial charge in [0.05, 0.1) is 24.0 Å². The fourth-order valence-corrected chi connectivity index (χ4v) is 15.8. The monoisotopic (exact) mass is 1380 g/mol. The van der Waals surface area contributed by atoms with Crippen molar-refractivity contribution >= 4 is 11.4 Å². The van der Waals surface area contributed by atoms with Crippen LogP contribution in [0.4, 0.5) is 11.4 Å². The summed E-state index contributed by atoms with van der Waals surface area (Å²) in [5.41, 5.74) is 26.5. The summed E-state index contributed by atoms with van der Waals surface area (Å²) in [6, 6.07) is 134. The maximum Gasteiger partial charge on any atom is 0.187 e. The first-order valence-electron chi connectivity index (χ1n) is 36.0. The van der Waals surface area contributed by atoms with Crippen molar-refractivity contribution in [2.75, 3.05) is 0 Å². The van der Waals surface area contributed by atoms with Gasteiger partial charge in [0.15, 0.2) is 46.3 Å². The lowest BCUT2D eigenvalue weighted by Crippen LogP contribution is -2.28. The van der Waals surface area contributed by atoms with Gasteiger partial charge in [-0.3, -0.25) is 0 Å². The van der Waals surface area contributed by atoms with Gasteiger partial charge in [-0.2, -0.15) is 0 Å². The van der Waals surface area contributed by atoms with Gasteiger partial charge in [-0.15, -0.1) is 0 Å². The van der Waals surface area contributed by atoms with E-state index in [2.05, 4.69) is 289 Å². The molecular weight excluding hydrogens is 1310 g/mol. The zero-order valence-electron chi connectivity index (χ0n) is 58.5. The summed E-state index contributed by atoms with van der Waals surface area (Å²) in [7, 11) is 0. The van der Waals surface area contributed by atoms with Gasteiger partial charge in [0.2, 0.25) is 0 Å². The topological polar surface area (TPSA) is 86.1 Å². The summed E-state index contributed by atoms with van der Waals surface area (Å²) in [5, 5.41) is 0. The summed E-state index contributed by atoms with van der Waals surface area (Å²) in [5.74, 6) is 3.78. The van der Waals surface area contributed by atoms with Crippen LogP contribution in [0.3, 0.4) is 0 Å². The van der Waals surface area contributed by atoms with Gasteiger partial charge in [-0.25, -0.2) is 39.6 Å². The van der Waals surface area contributed by atoms with Crippen LogP contribution in [0.1, 0.15) is 44.5 Å². The summed E-state index contributed by atoms with van der Waals surface area (Å²) in [6.07, 6.45) is 0. The van der Waals surface area contributed by atoms with E-state index < -0.39 is 10.8 Å². The highest BCUT2D eigenvalue weighted by Crippen LogP contribution is 2.59. The second kappa shape index (κ2) is 28.2. The molecule has 0 fully saturated rings. The molecule has 0 saturated heterocycles. The lowest BCUT2D eigenvalue weighted by Gasteiger charge is -2.34. The molecule has 0 bridgehead atoms. The minimum atomic E-state index is -0.564. The summed E-state index contributed by atoms with van der Waals surface area (Å²) >= 11 is 0. The van der Waals surface area contributed by atoms with Gasteiger partial charge in [0.1, 0.15) is 0 Å². The minimum Gasteiger partial charge on any atom is -0.238 e. The van der Waals surface area contributed by atoms with E-state index in [1.807, 2.05) is 109 Å². The third-order valence-electron chi connectivity index (χ3n) is 20.9. The molecule has 2 aliphatic rings. The van der Waals surface area contributed by atoms with E-state index in [-0.39, 0.29) is 0 Å². The van der Waals surface area contributed by atoms with Crippen LogP contribution in [0.15, 0.2) is 388 Å². The quantitative estimate of drug-likeness (QED) is 0.107. The average Bonchev–Trinajstić information content (AvgIpc) is 1.54. The van der Waals surface area contributed by atoms with Crippen molar-refractivity contribution in [2.45, 2.75) is 10.8 Å². The largest absolute Gasteiger partial charge is 0.238 e. The maximum absolute atomic E-state index is 7.89. The average molecular weight is 1380 g/mol. The van der Waals surface area contributed by atoms with Gasteiger partial charge in [0, 0.05) is 33.4 Å². The van der Waals surface area contributed by atoms with E-state index >= 15 is 0 Å². The number of hydrogen-bond donors (Lipinski definition) is 0. The number of rotatable bonds is 13. The van der Waals surface area contributed by atoms with Crippen molar-refractivity contribution in [3.05, 3.63) is 456 Å². The molecule has 0 radical (unpaired) electrons.